The van der Waals surface area contributed by atoms with Crippen LogP contribution in [0.25, 0.3) is 55.8 Å². The largest absolute Gasteiger partial charge is 0.264 e. The van der Waals surface area contributed by atoms with Crippen molar-refractivity contribution in [1.82, 2.24) is 15.0 Å². The van der Waals surface area contributed by atoms with E-state index in [0.29, 0.717) is 0 Å². The van der Waals surface area contributed by atoms with E-state index >= 15 is 0 Å². The lowest BCUT2D eigenvalue weighted by Crippen LogP contribution is -2.15. The number of fused-ring (bicyclic) bond motifs is 4. The topological polar surface area (TPSA) is 38.7 Å². The van der Waals surface area contributed by atoms with Gasteiger partial charge in [-0.1, -0.05) is 98.8 Å². The average molecular weight is 476 g/mol. The molecule has 0 bridgehead atoms. The zero-order valence-corrected chi connectivity index (χ0v) is 20.8. The van der Waals surface area contributed by atoms with Crippen LogP contribution in [0, 0.1) is 0 Å². The number of benzene rings is 4. The van der Waals surface area contributed by atoms with E-state index in [2.05, 4.69) is 104 Å². The highest BCUT2D eigenvalue weighted by molar-refractivity contribution is 5.94. The highest BCUT2D eigenvalue weighted by atomic mass is 14.9. The number of rotatable bonds is 3. The summed E-state index contributed by atoms with van der Waals surface area (Å²) in [4.78, 5) is 14.4. The van der Waals surface area contributed by atoms with Gasteiger partial charge in [0.25, 0.3) is 0 Å². The van der Waals surface area contributed by atoms with Crippen LogP contribution in [-0.4, -0.2) is 15.0 Å². The van der Waals surface area contributed by atoms with Gasteiger partial charge < -0.3 is 0 Å². The summed E-state index contributed by atoms with van der Waals surface area (Å²) in [5.41, 5.74) is 11.5. The third-order valence-electron chi connectivity index (χ3n) is 7.60. The molecule has 7 rings (SSSR count). The van der Waals surface area contributed by atoms with Gasteiger partial charge in [-0.2, -0.15) is 0 Å². The first kappa shape index (κ1) is 21.6. The third-order valence-corrected chi connectivity index (χ3v) is 7.60. The van der Waals surface area contributed by atoms with Crippen LogP contribution >= 0.6 is 0 Å². The molecule has 37 heavy (non-hydrogen) atoms. The Bertz CT molecular complexity index is 1780. The van der Waals surface area contributed by atoms with Crippen molar-refractivity contribution in [3.8, 4) is 44.9 Å². The van der Waals surface area contributed by atoms with Crippen LogP contribution in [0.4, 0.5) is 0 Å². The number of para-hydroxylation sites is 1. The molecule has 0 spiro atoms. The molecule has 1 aliphatic carbocycles. The van der Waals surface area contributed by atoms with Crippen molar-refractivity contribution in [2.75, 3.05) is 0 Å². The minimum atomic E-state index is -0.0657. The summed E-state index contributed by atoms with van der Waals surface area (Å²) in [7, 11) is 0. The molecule has 6 aromatic rings. The fourth-order valence-corrected chi connectivity index (χ4v) is 5.62. The second-order valence-electron chi connectivity index (χ2n) is 10.2. The lowest BCUT2D eigenvalue weighted by Gasteiger charge is -2.21. The van der Waals surface area contributed by atoms with Crippen molar-refractivity contribution in [3.63, 3.8) is 0 Å². The van der Waals surface area contributed by atoms with Gasteiger partial charge in [-0.05, 0) is 51.6 Å². The van der Waals surface area contributed by atoms with Gasteiger partial charge in [0.2, 0.25) is 0 Å². The molecule has 3 heteroatoms. The van der Waals surface area contributed by atoms with Crippen molar-refractivity contribution >= 4 is 10.9 Å². The summed E-state index contributed by atoms with van der Waals surface area (Å²) in [6.07, 6.45) is 3.69. The molecule has 0 N–H and O–H groups in total. The van der Waals surface area contributed by atoms with Gasteiger partial charge in [0.1, 0.15) is 0 Å². The van der Waals surface area contributed by atoms with Gasteiger partial charge in [0, 0.05) is 34.3 Å². The van der Waals surface area contributed by atoms with E-state index in [1.807, 2.05) is 24.4 Å². The van der Waals surface area contributed by atoms with Crippen LogP contribution in [0.1, 0.15) is 25.0 Å². The van der Waals surface area contributed by atoms with Crippen LogP contribution in [0.2, 0.25) is 0 Å². The van der Waals surface area contributed by atoms with E-state index in [9.17, 15) is 0 Å². The first-order chi connectivity index (χ1) is 18.1. The maximum Gasteiger partial charge on any atom is 0.160 e. The molecule has 0 amide bonds. The van der Waals surface area contributed by atoms with Gasteiger partial charge in [-0.25, -0.2) is 9.97 Å². The standard InChI is InChI=1S/C34H25N3/c1-34(2)29-11-5-3-9-26(29)27-18-17-24(20-30(27)34)33-36-31-12-6-4-10-28(31)32(37-33)23-15-13-22(14-16-23)25-8-7-19-35-21-25/h3-21H,1-2H3. The summed E-state index contributed by atoms with van der Waals surface area (Å²) in [5, 5.41) is 1.05. The first-order valence-electron chi connectivity index (χ1n) is 12.6. The van der Waals surface area contributed by atoms with Crippen LogP contribution in [-0.2, 0) is 5.41 Å². The Hall–Kier alpha value is -4.63. The van der Waals surface area contributed by atoms with Gasteiger partial charge >= 0.3 is 0 Å². The predicted octanol–water partition coefficient (Wildman–Crippen LogP) is 8.33. The highest BCUT2D eigenvalue weighted by Gasteiger charge is 2.35. The summed E-state index contributed by atoms with van der Waals surface area (Å²) >= 11 is 0. The second kappa shape index (κ2) is 8.21. The molecule has 0 saturated carbocycles. The monoisotopic (exact) mass is 475 g/mol. The fourth-order valence-electron chi connectivity index (χ4n) is 5.62. The summed E-state index contributed by atoms with van der Waals surface area (Å²) in [6.45, 7) is 4.61. The van der Waals surface area contributed by atoms with Crippen molar-refractivity contribution < 1.29 is 0 Å². The van der Waals surface area contributed by atoms with Crippen molar-refractivity contribution in [1.29, 1.82) is 0 Å². The number of pyridine rings is 1. The van der Waals surface area contributed by atoms with Gasteiger partial charge in [-0.15, -0.1) is 0 Å². The summed E-state index contributed by atoms with van der Waals surface area (Å²) in [6, 6.07) is 36.3. The Labute approximate surface area is 216 Å². The molecule has 2 aromatic heterocycles. The molecular formula is C34H25N3. The zero-order chi connectivity index (χ0) is 25.0. The number of aromatic nitrogens is 3. The van der Waals surface area contributed by atoms with Crippen molar-refractivity contribution in [2.24, 2.45) is 0 Å². The Balaban J connectivity index is 1.36. The zero-order valence-electron chi connectivity index (χ0n) is 20.8. The molecule has 0 atom stereocenters. The molecule has 0 fully saturated rings. The van der Waals surface area contributed by atoms with E-state index in [-0.39, 0.29) is 5.41 Å². The highest BCUT2D eigenvalue weighted by Crippen LogP contribution is 2.49. The molecule has 0 aliphatic heterocycles. The molecule has 4 aromatic carbocycles. The predicted molar refractivity (Wildman–Crippen MR) is 151 cm³/mol. The van der Waals surface area contributed by atoms with Crippen molar-refractivity contribution in [2.45, 2.75) is 19.3 Å². The molecule has 1 aliphatic rings. The van der Waals surface area contributed by atoms with Gasteiger partial charge in [0.15, 0.2) is 5.82 Å². The van der Waals surface area contributed by atoms with Crippen LogP contribution < -0.4 is 0 Å². The quantitative estimate of drug-likeness (QED) is 0.258. The smallest absolute Gasteiger partial charge is 0.160 e. The van der Waals surface area contributed by atoms with E-state index in [1.165, 1.54) is 22.3 Å². The van der Waals surface area contributed by atoms with E-state index in [0.717, 1.165) is 44.7 Å². The molecule has 3 nitrogen and oxygen atoms in total. The Morgan fingerprint density at radius 2 is 1.30 bits per heavy atom. The SMILES string of the molecule is CC1(C)c2ccccc2-c2ccc(-c3nc(-c4ccc(-c5cccnc5)cc4)c4ccccc4n3)cc21. The molecule has 0 radical (unpaired) electrons. The number of hydrogen-bond acceptors (Lipinski definition) is 3. The lowest BCUT2D eigenvalue weighted by molar-refractivity contribution is 0.660. The third kappa shape index (κ3) is 3.47. The van der Waals surface area contributed by atoms with Crippen LogP contribution in [0.3, 0.4) is 0 Å². The summed E-state index contributed by atoms with van der Waals surface area (Å²) < 4.78 is 0. The number of nitrogens with zero attached hydrogens (tertiary/aromatic N) is 3. The van der Waals surface area contributed by atoms with E-state index in [1.54, 1.807) is 6.20 Å². The maximum atomic E-state index is 5.14. The second-order valence-corrected chi connectivity index (χ2v) is 10.2. The molecule has 2 heterocycles. The molecule has 176 valence electrons. The Morgan fingerprint density at radius 3 is 2.14 bits per heavy atom. The average Bonchev–Trinajstić information content (AvgIpc) is 3.19. The minimum absolute atomic E-state index is 0.0657. The van der Waals surface area contributed by atoms with Crippen molar-refractivity contribution in [3.05, 3.63) is 127 Å². The molecular weight excluding hydrogens is 450 g/mol. The van der Waals surface area contributed by atoms with Crippen LogP contribution in [0.15, 0.2) is 116 Å². The van der Waals surface area contributed by atoms with E-state index in [4.69, 9.17) is 9.97 Å². The lowest BCUT2D eigenvalue weighted by atomic mass is 9.82. The fraction of sp³-hybridized carbons (Fsp3) is 0.0882. The normalized spacial score (nSPS) is 13.4. The Morgan fingerprint density at radius 1 is 0.568 bits per heavy atom. The van der Waals surface area contributed by atoms with Gasteiger partial charge in [-0.3, -0.25) is 4.98 Å². The maximum absolute atomic E-state index is 5.14. The number of hydrogen-bond donors (Lipinski definition) is 0. The molecule has 0 saturated heterocycles. The minimum Gasteiger partial charge on any atom is -0.264 e. The summed E-state index contributed by atoms with van der Waals surface area (Å²) in [5.74, 6) is 0.750. The Kier molecular flexibility index (Phi) is 4.80. The van der Waals surface area contributed by atoms with E-state index < -0.39 is 0 Å². The molecule has 0 unspecified atom stereocenters. The van der Waals surface area contributed by atoms with Crippen LogP contribution in [0.5, 0.6) is 0 Å². The van der Waals surface area contributed by atoms with Gasteiger partial charge in [0.05, 0.1) is 11.2 Å². The first-order valence-corrected chi connectivity index (χ1v) is 12.6.